The monoisotopic (exact) mass is 375 g/mol. The lowest BCUT2D eigenvalue weighted by atomic mass is 9.95. The van der Waals surface area contributed by atoms with Crippen LogP contribution in [-0.4, -0.2) is 56.0 Å². The number of carbonyl (C=O) groups is 3. The molecule has 1 saturated heterocycles. The minimum atomic E-state index is -0.0587. The Bertz CT molecular complexity index is 637. The summed E-state index contributed by atoms with van der Waals surface area (Å²) in [6.45, 7) is 4.18. The minimum Gasteiger partial charge on any atom is -0.385 e. The number of carbonyl (C=O) groups excluding carboxylic acids is 3. The number of rotatable bonds is 8. The smallest absolute Gasteiger partial charge is 0.253 e. The number of nitrogens with one attached hydrogen (secondary N) is 2. The molecule has 1 aliphatic rings. The number of anilines is 1. The molecule has 1 heterocycles. The normalized spacial score (nSPS) is 14.7. The van der Waals surface area contributed by atoms with Gasteiger partial charge in [-0.2, -0.15) is 0 Å². The summed E-state index contributed by atoms with van der Waals surface area (Å²) in [7, 11) is 1.64. The van der Waals surface area contributed by atoms with Gasteiger partial charge in [0.05, 0.1) is 0 Å². The highest BCUT2D eigenvalue weighted by Gasteiger charge is 2.27. The number of piperidine rings is 1. The van der Waals surface area contributed by atoms with E-state index in [1.165, 1.54) is 0 Å². The molecule has 1 aliphatic heterocycles. The van der Waals surface area contributed by atoms with E-state index in [2.05, 4.69) is 10.6 Å². The summed E-state index contributed by atoms with van der Waals surface area (Å²) in [5, 5.41) is 5.70. The number of methoxy groups -OCH3 is 1. The van der Waals surface area contributed by atoms with Crippen molar-refractivity contribution in [2.75, 3.05) is 38.7 Å². The van der Waals surface area contributed by atoms with E-state index in [4.69, 9.17) is 4.74 Å². The Balaban J connectivity index is 1.80. The Morgan fingerprint density at radius 1 is 1.15 bits per heavy atom. The Morgan fingerprint density at radius 2 is 1.81 bits per heavy atom. The van der Waals surface area contributed by atoms with Gasteiger partial charge in [0.25, 0.3) is 5.91 Å². The van der Waals surface area contributed by atoms with Crippen molar-refractivity contribution in [2.24, 2.45) is 5.92 Å². The lowest BCUT2D eigenvalue weighted by Gasteiger charge is -2.31. The number of hydrogen-bond donors (Lipinski definition) is 2. The molecule has 7 nitrogen and oxygen atoms in total. The van der Waals surface area contributed by atoms with Crippen molar-refractivity contribution >= 4 is 23.4 Å². The molecule has 0 bridgehead atoms. The number of hydrogen-bond acceptors (Lipinski definition) is 4. The molecule has 3 amide bonds. The van der Waals surface area contributed by atoms with Gasteiger partial charge in [0.1, 0.15) is 0 Å². The fourth-order valence-electron chi connectivity index (χ4n) is 3.05. The zero-order valence-electron chi connectivity index (χ0n) is 16.1. The predicted molar refractivity (Wildman–Crippen MR) is 103 cm³/mol. The second-order valence-electron chi connectivity index (χ2n) is 6.68. The van der Waals surface area contributed by atoms with Gasteiger partial charge < -0.3 is 20.3 Å². The van der Waals surface area contributed by atoms with E-state index < -0.39 is 0 Å². The molecule has 2 rings (SSSR count). The van der Waals surface area contributed by atoms with Crippen molar-refractivity contribution in [3.05, 3.63) is 29.8 Å². The standard InChI is InChI=1S/C20H29N3O4/c1-3-18(24)22-17-7-5-16(6-8-17)20(26)23-12-9-15(10-13-23)19(25)21-11-4-14-27-2/h5-8,15H,3-4,9-14H2,1-2H3,(H,21,25)(H,22,24). The first-order valence-corrected chi connectivity index (χ1v) is 9.51. The van der Waals surface area contributed by atoms with Crippen LogP contribution >= 0.6 is 0 Å². The number of amides is 3. The first-order chi connectivity index (χ1) is 13.0. The van der Waals surface area contributed by atoms with E-state index in [1.807, 2.05) is 0 Å². The fourth-order valence-corrected chi connectivity index (χ4v) is 3.05. The van der Waals surface area contributed by atoms with Crippen molar-refractivity contribution in [2.45, 2.75) is 32.6 Å². The summed E-state index contributed by atoms with van der Waals surface area (Å²) in [5.41, 5.74) is 1.27. The second-order valence-corrected chi connectivity index (χ2v) is 6.68. The van der Waals surface area contributed by atoms with Gasteiger partial charge in [0.15, 0.2) is 0 Å². The largest absolute Gasteiger partial charge is 0.385 e. The maximum atomic E-state index is 12.6. The summed E-state index contributed by atoms with van der Waals surface area (Å²) >= 11 is 0. The predicted octanol–water partition coefficient (Wildman–Crippen LogP) is 2.04. The van der Waals surface area contributed by atoms with Crippen molar-refractivity contribution in [1.29, 1.82) is 0 Å². The maximum Gasteiger partial charge on any atom is 0.253 e. The summed E-state index contributed by atoms with van der Waals surface area (Å²) in [6.07, 6.45) is 2.56. The molecule has 1 aromatic carbocycles. The molecule has 7 heteroatoms. The summed E-state index contributed by atoms with van der Waals surface area (Å²) in [4.78, 5) is 38.0. The first-order valence-electron chi connectivity index (χ1n) is 9.51. The topological polar surface area (TPSA) is 87.7 Å². The molecule has 2 N–H and O–H groups in total. The van der Waals surface area contributed by atoms with Crippen LogP contribution in [0, 0.1) is 5.92 Å². The summed E-state index contributed by atoms with van der Waals surface area (Å²) in [6, 6.07) is 6.92. The molecule has 0 radical (unpaired) electrons. The van der Waals surface area contributed by atoms with E-state index in [0.29, 0.717) is 56.8 Å². The van der Waals surface area contributed by atoms with E-state index in [9.17, 15) is 14.4 Å². The van der Waals surface area contributed by atoms with Crippen molar-refractivity contribution < 1.29 is 19.1 Å². The van der Waals surface area contributed by atoms with Gasteiger partial charge in [0.2, 0.25) is 11.8 Å². The maximum absolute atomic E-state index is 12.6. The van der Waals surface area contributed by atoms with Crippen LogP contribution < -0.4 is 10.6 Å². The van der Waals surface area contributed by atoms with Crippen LogP contribution in [0.25, 0.3) is 0 Å². The second kappa shape index (κ2) is 10.7. The lowest BCUT2D eigenvalue weighted by molar-refractivity contribution is -0.126. The molecule has 148 valence electrons. The Labute approximate surface area is 160 Å². The van der Waals surface area contributed by atoms with Gasteiger partial charge >= 0.3 is 0 Å². The highest BCUT2D eigenvalue weighted by Crippen LogP contribution is 2.20. The zero-order chi connectivity index (χ0) is 19.6. The highest BCUT2D eigenvalue weighted by molar-refractivity contribution is 5.96. The molecule has 0 aliphatic carbocycles. The Kier molecular flexibility index (Phi) is 8.26. The van der Waals surface area contributed by atoms with Gasteiger partial charge in [-0.1, -0.05) is 6.92 Å². The van der Waals surface area contributed by atoms with Crippen molar-refractivity contribution in [3.63, 3.8) is 0 Å². The quantitative estimate of drug-likeness (QED) is 0.681. The molecule has 0 aromatic heterocycles. The molecule has 1 aromatic rings. The van der Waals surface area contributed by atoms with Crippen LogP contribution in [-0.2, 0) is 14.3 Å². The lowest BCUT2D eigenvalue weighted by Crippen LogP contribution is -2.43. The molecular formula is C20H29N3O4. The average molecular weight is 375 g/mol. The fraction of sp³-hybridized carbons (Fsp3) is 0.550. The number of nitrogens with zero attached hydrogens (tertiary/aromatic N) is 1. The molecule has 1 fully saturated rings. The Hall–Kier alpha value is -2.41. The van der Waals surface area contributed by atoms with Crippen LogP contribution in [0.5, 0.6) is 0 Å². The molecule has 0 unspecified atom stereocenters. The van der Waals surface area contributed by atoms with E-state index in [1.54, 1.807) is 43.2 Å². The van der Waals surface area contributed by atoms with Crippen molar-refractivity contribution in [3.8, 4) is 0 Å². The van der Waals surface area contributed by atoms with Crippen LogP contribution in [0.15, 0.2) is 24.3 Å². The number of ether oxygens (including phenoxy) is 1. The summed E-state index contributed by atoms with van der Waals surface area (Å²) in [5.74, 6) is -0.0728. The third-order valence-corrected chi connectivity index (χ3v) is 4.71. The van der Waals surface area contributed by atoms with E-state index in [-0.39, 0.29) is 23.6 Å². The molecule has 27 heavy (non-hydrogen) atoms. The van der Waals surface area contributed by atoms with E-state index >= 15 is 0 Å². The molecule has 0 atom stereocenters. The van der Waals surface area contributed by atoms with E-state index in [0.717, 1.165) is 6.42 Å². The number of likely N-dealkylation sites (tertiary alicyclic amines) is 1. The van der Waals surface area contributed by atoms with Crippen LogP contribution in [0.3, 0.4) is 0 Å². The summed E-state index contributed by atoms with van der Waals surface area (Å²) < 4.78 is 4.97. The highest BCUT2D eigenvalue weighted by atomic mass is 16.5. The zero-order valence-corrected chi connectivity index (χ0v) is 16.1. The molecule has 0 saturated carbocycles. The van der Waals surface area contributed by atoms with Gasteiger partial charge in [-0.3, -0.25) is 14.4 Å². The third-order valence-electron chi connectivity index (χ3n) is 4.71. The van der Waals surface area contributed by atoms with Crippen LogP contribution in [0.2, 0.25) is 0 Å². The minimum absolute atomic E-state index is 0.0387. The Morgan fingerprint density at radius 3 is 2.41 bits per heavy atom. The number of benzene rings is 1. The molecular weight excluding hydrogens is 346 g/mol. The van der Waals surface area contributed by atoms with Crippen molar-refractivity contribution in [1.82, 2.24) is 10.2 Å². The third kappa shape index (κ3) is 6.36. The van der Waals surface area contributed by atoms with Gasteiger partial charge in [0, 0.05) is 56.9 Å². The van der Waals surface area contributed by atoms with Gasteiger partial charge in [-0.05, 0) is 43.5 Å². The average Bonchev–Trinajstić information content (AvgIpc) is 2.71. The SMILES string of the molecule is CCC(=O)Nc1ccc(C(=O)N2CCC(C(=O)NCCCOC)CC2)cc1. The van der Waals surface area contributed by atoms with Gasteiger partial charge in [-0.25, -0.2) is 0 Å². The van der Waals surface area contributed by atoms with Crippen LogP contribution in [0.1, 0.15) is 43.0 Å². The molecule has 0 spiro atoms. The van der Waals surface area contributed by atoms with Crippen LogP contribution in [0.4, 0.5) is 5.69 Å². The first kappa shape index (κ1) is 20.9. The van der Waals surface area contributed by atoms with Gasteiger partial charge in [-0.15, -0.1) is 0 Å².